The largest absolute Gasteiger partial charge is 0.462 e. The van der Waals surface area contributed by atoms with Gasteiger partial charge in [-0.05, 0) is 67.4 Å². The topological polar surface area (TPSA) is 102 Å². The van der Waals surface area contributed by atoms with Crippen molar-refractivity contribution < 1.29 is 28.7 Å². The summed E-state index contributed by atoms with van der Waals surface area (Å²) in [7, 11) is 0. The maximum Gasteiger partial charge on any atom is 0.343 e. The number of nitrogens with zero attached hydrogens (tertiary/aromatic N) is 1. The van der Waals surface area contributed by atoms with Crippen LogP contribution in [0.5, 0.6) is 5.75 Å². The predicted molar refractivity (Wildman–Crippen MR) is 143 cm³/mol. The molecule has 194 valence electrons. The fourth-order valence-electron chi connectivity index (χ4n) is 3.89. The molecule has 3 aromatic rings. The lowest BCUT2D eigenvalue weighted by atomic mass is 10.1. The van der Waals surface area contributed by atoms with Crippen LogP contribution in [0.25, 0.3) is 0 Å². The Labute approximate surface area is 224 Å². The number of aryl methyl sites for hydroxylation is 1. The minimum absolute atomic E-state index is 0.0598. The molecule has 0 unspecified atom stereocenters. The van der Waals surface area contributed by atoms with Crippen LogP contribution in [0.1, 0.15) is 46.5 Å². The summed E-state index contributed by atoms with van der Waals surface area (Å²) < 4.78 is 10.5. The summed E-state index contributed by atoms with van der Waals surface area (Å²) in [5.74, 6) is -2.27. The van der Waals surface area contributed by atoms with Crippen LogP contribution in [0.4, 0.5) is 11.4 Å². The van der Waals surface area contributed by atoms with Crippen LogP contribution >= 0.6 is 11.6 Å². The lowest BCUT2D eigenvalue weighted by molar-refractivity contribution is -0.120. The molecule has 0 spiro atoms. The van der Waals surface area contributed by atoms with E-state index >= 15 is 0 Å². The number of nitrogens with one attached hydrogen (secondary N) is 1. The highest BCUT2D eigenvalue weighted by atomic mass is 35.5. The van der Waals surface area contributed by atoms with Crippen LogP contribution < -0.4 is 15.0 Å². The van der Waals surface area contributed by atoms with Gasteiger partial charge >= 0.3 is 11.9 Å². The summed E-state index contributed by atoms with van der Waals surface area (Å²) in [6.45, 7) is 3.89. The summed E-state index contributed by atoms with van der Waals surface area (Å²) >= 11 is 6.23. The number of hydrogen-bond donors (Lipinski definition) is 1. The fourth-order valence-corrected chi connectivity index (χ4v) is 4.11. The number of hydrogen-bond acceptors (Lipinski definition) is 7. The number of rotatable bonds is 9. The van der Waals surface area contributed by atoms with Crippen LogP contribution in [0, 0.1) is 0 Å². The SMILES string of the molecule is CCCc1ccc(OC(=O)c2ccc(NC3=C(Cl)C(=O)N(c4ccccc4C(=O)OCC)C3=O)cc2)cc1. The van der Waals surface area contributed by atoms with Crippen LogP contribution in [-0.2, 0) is 20.7 Å². The van der Waals surface area contributed by atoms with E-state index < -0.39 is 23.8 Å². The normalized spacial score (nSPS) is 13.1. The summed E-state index contributed by atoms with van der Waals surface area (Å²) in [5, 5.41) is 2.52. The summed E-state index contributed by atoms with van der Waals surface area (Å²) in [5.41, 5.74) is 1.85. The average molecular weight is 533 g/mol. The lowest BCUT2D eigenvalue weighted by Crippen LogP contribution is -2.33. The number of ether oxygens (including phenoxy) is 2. The molecule has 0 radical (unpaired) electrons. The van der Waals surface area contributed by atoms with Crippen molar-refractivity contribution in [3.63, 3.8) is 0 Å². The molecule has 8 nitrogen and oxygen atoms in total. The van der Waals surface area contributed by atoms with Crippen molar-refractivity contribution in [1.82, 2.24) is 0 Å². The number of amides is 2. The van der Waals surface area contributed by atoms with Gasteiger partial charge in [-0.1, -0.05) is 49.2 Å². The fraction of sp³-hybridized carbons (Fsp3) is 0.172. The van der Waals surface area contributed by atoms with Crippen molar-refractivity contribution in [2.24, 2.45) is 0 Å². The molecule has 1 heterocycles. The maximum atomic E-state index is 13.2. The van der Waals surface area contributed by atoms with Gasteiger partial charge in [0.1, 0.15) is 16.5 Å². The minimum Gasteiger partial charge on any atom is -0.462 e. The van der Waals surface area contributed by atoms with Gasteiger partial charge in [0.05, 0.1) is 23.4 Å². The van der Waals surface area contributed by atoms with Crippen molar-refractivity contribution in [3.8, 4) is 5.75 Å². The zero-order valence-corrected chi connectivity index (χ0v) is 21.6. The molecule has 0 bridgehead atoms. The Morgan fingerprint density at radius 3 is 2.21 bits per heavy atom. The van der Waals surface area contributed by atoms with E-state index in [2.05, 4.69) is 12.2 Å². The number of imide groups is 1. The molecule has 1 N–H and O–H groups in total. The van der Waals surface area contributed by atoms with Gasteiger partial charge in [-0.3, -0.25) is 9.59 Å². The lowest BCUT2D eigenvalue weighted by Gasteiger charge is -2.18. The van der Waals surface area contributed by atoms with Gasteiger partial charge in [-0.15, -0.1) is 0 Å². The molecule has 0 aromatic heterocycles. The highest BCUT2D eigenvalue weighted by Gasteiger charge is 2.40. The third-order valence-electron chi connectivity index (χ3n) is 5.73. The van der Waals surface area contributed by atoms with Crippen molar-refractivity contribution in [2.75, 3.05) is 16.8 Å². The van der Waals surface area contributed by atoms with Crippen LogP contribution in [-0.4, -0.2) is 30.4 Å². The number of esters is 2. The molecule has 0 saturated carbocycles. The Balaban J connectivity index is 1.47. The first-order valence-corrected chi connectivity index (χ1v) is 12.4. The van der Waals surface area contributed by atoms with Crippen molar-refractivity contribution in [3.05, 3.63) is 100 Å². The monoisotopic (exact) mass is 532 g/mol. The van der Waals surface area contributed by atoms with Crippen molar-refractivity contribution in [1.29, 1.82) is 0 Å². The second kappa shape index (κ2) is 11.7. The molecular formula is C29H25ClN2O6. The van der Waals surface area contributed by atoms with Crippen molar-refractivity contribution >= 4 is 46.7 Å². The van der Waals surface area contributed by atoms with E-state index in [1.807, 2.05) is 12.1 Å². The minimum atomic E-state index is -0.777. The molecule has 38 heavy (non-hydrogen) atoms. The standard InChI is InChI=1S/C29H25ClN2O6/c1-3-7-18-10-16-21(17-11-18)38-28(35)19-12-14-20(15-13-19)31-25-24(30)26(33)32(27(25)34)23-9-6-5-8-22(23)29(36)37-4-2/h5-6,8-17,31H,3-4,7H2,1-2H3. The summed E-state index contributed by atoms with van der Waals surface area (Å²) in [6, 6.07) is 19.6. The predicted octanol–water partition coefficient (Wildman–Crippen LogP) is 5.47. The van der Waals surface area contributed by atoms with Gasteiger partial charge in [0.15, 0.2) is 0 Å². The Kier molecular flexibility index (Phi) is 8.23. The first kappa shape index (κ1) is 26.6. The van der Waals surface area contributed by atoms with Gasteiger partial charge in [-0.2, -0.15) is 0 Å². The molecule has 0 saturated heterocycles. The van der Waals surface area contributed by atoms with E-state index in [0.29, 0.717) is 17.0 Å². The molecule has 3 aromatic carbocycles. The smallest absolute Gasteiger partial charge is 0.343 e. The third-order valence-corrected chi connectivity index (χ3v) is 6.08. The van der Waals surface area contributed by atoms with Gasteiger partial charge < -0.3 is 14.8 Å². The first-order chi connectivity index (χ1) is 18.3. The first-order valence-electron chi connectivity index (χ1n) is 12.1. The summed E-state index contributed by atoms with van der Waals surface area (Å²) in [6.07, 6.45) is 1.98. The molecule has 4 rings (SSSR count). The molecule has 0 aliphatic carbocycles. The molecular weight excluding hydrogens is 508 g/mol. The Hall–Kier alpha value is -4.43. The van der Waals surface area contributed by atoms with E-state index in [4.69, 9.17) is 21.1 Å². The number of para-hydroxylation sites is 1. The highest BCUT2D eigenvalue weighted by molar-refractivity contribution is 6.53. The van der Waals surface area contributed by atoms with E-state index in [1.165, 1.54) is 29.8 Å². The van der Waals surface area contributed by atoms with E-state index in [0.717, 1.165) is 17.7 Å². The Morgan fingerprint density at radius 1 is 0.868 bits per heavy atom. The Bertz CT molecular complexity index is 1410. The highest BCUT2D eigenvalue weighted by Crippen LogP contribution is 2.32. The number of carbonyl (C=O) groups is 4. The van der Waals surface area contributed by atoms with Crippen LogP contribution in [0.15, 0.2) is 83.5 Å². The molecule has 0 atom stereocenters. The third kappa shape index (κ3) is 5.60. The molecule has 1 aliphatic heterocycles. The second-order valence-corrected chi connectivity index (χ2v) is 8.74. The van der Waals surface area contributed by atoms with Gasteiger partial charge in [0.2, 0.25) is 0 Å². The van der Waals surface area contributed by atoms with Crippen LogP contribution in [0.2, 0.25) is 0 Å². The zero-order valence-electron chi connectivity index (χ0n) is 20.8. The average Bonchev–Trinajstić information content (AvgIpc) is 3.13. The van der Waals surface area contributed by atoms with Gasteiger partial charge in [0, 0.05) is 5.69 Å². The van der Waals surface area contributed by atoms with E-state index in [9.17, 15) is 19.2 Å². The van der Waals surface area contributed by atoms with Gasteiger partial charge in [-0.25, -0.2) is 14.5 Å². The van der Waals surface area contributed by atoms with Crippen molar-refractivity contribution in [2.45, 2.75) is 26.7 Å². The Morgan fingerprint density at radius 2 is 1.55 bits per heavy atom. The molecule has 9 heteroatoms. The van der Waals surface area contributed by atoms with E-state index in [1.54, 1.807) is 43.3 Å². The molecule has 2 amide bonds. The molecule has 0 fully saturated rings. The second-order valence-electron chi connectivity index (χ2n) is 8.36. The summed E-state index contributed by atoms with van der Waals surface area (Å²) in [4.78, 5) is 51.8. The van der Waals surface area contributed by atoms with E-state index in [-0.39, 0.29) is 28.6 Å². The number of carbonyl (C=O) groups excluding carboxylic acids is 4. The van der Waals surface area contributed by atoms with Crippen LogP contribution in [0.3, 0.4) is 0 Å². The number of halogens is 1. The maximum absolute atomic E-state index is 13.2. The number of anilines is 2. The van der Waals surface area contributed by atoms with Gasteiger partial charge in [0.25, 0.3) is 11.8 Å². The zero-order chi connectivity index (χ0) is 27.2. The quantitative estimate of drug-likeness (QED) is 0.221. The molecule has 1 aliphatic rings. The number of benzene rings is 3.